The van der Waals surface area contributed by atoms with E-state index in [0.717, 1.165) is 29.9 Å². The summed E-state index contributed by atoms with van der Waals surface area (Å²) >= 11 is 6.06. The van der Waals surface area contributed by atoms with Crippen molar-refractivity contribution in [2.75, 3.05) is 13.1 Å². The van der Waals surface area contributed by atoms with Crippen LogP contribution < -0.4 is 0 Å². The van der Waals surface area contributed by atoms with Crippen molar-refractivity contribution in [2.45, 2.75) is 35.9 Å². The monoisotopic (exact) mass is 377 g/mol. The molecule has 2 aliphatic heterocycles. The van der Waals surface area contributed by atoms with Crippen LogP contribution in [0.2, 0.25) is 5.02 Å². The van der Waals surface area contributed by atoms with Gasteiger partial charge in [-0.3, -0.25) is 0 Å². The molecule has 0 bridgehead atoms. The summed E-state index contributed by atoms with van der Waals surface area (Å²) in [5.74, 6) is 1.37. The number of halogens is 1. The summed E-state index contributed by atoms with van der Waals surface area (Å²) in [6.07, 6.45) is 4.12. The molecule has 1 spiro atoms. The molecule has 0 atom stereocenters. The van der Waals surface area contributed by atoms with E-state index in [4.69, 9.17) is 16.3 Å². The predicted molar refractivity (Wildman–Crippen MR) is 90.7 cm³/mol. The Bertz CT molecular complexity index is 969. The Balaban J connectivity index is 1.42. The second kappa shape index (κ2) is 5.23. The van der Waals surface area contributed by atoms with Gasteiger partial charge in [0.15, 0.2) is 0 Å². The average Bonchev–Trinajstić information content (AvgIpc) is 3.33. The molecule has 0 amide bonds. The van der Waals surface area contributed by atoms with E-state index in [1.165, 1.54) is 10.4 Å². The normalized spacial score (nSPS) is 22.0. The van der Waals surface area contributed by atoms with E-state index in [-0.39, 0.29) is 23.0 Å². The second-order valence-electron chi connectivity index (χ2n) is 6.85. The van der Waals surface area contributed by atoms with Crippen LogP contribution in [0.1, 0.15) is 35.8 Å². The smallest absolute Gasteiger partial charge is 0.244 e. The van der Waals surface area contributed by atoms with Crippen LogP contribution in [0.5, 0.6) is 0 Å². The minimum Gasteiger partial charge on any atom is -0.361 e. The van der Waals surface area contributed by atoms with Crippen LogP contribution in [0.3, 0.4) is 0 Å². The third-order valence-corrected chi connectivity index (χ3v) is 7.41. The SMILES string of the molecule is O=S(=O)(c1ccccc1Cl)N1CC2(C1)OCc1nc(C3CC3)ncc12. The molecule has 5 rings (SSSR count). The van der Waals surface area contributed by atoms with Crippen molar-refractivity contribution < 1.29 is 13.2 Å². The van der Waals surface area contributed by atoms with E-state index in [2.05, 4.69) is 9.97 Å². The molecule has 1 aromatic heterocycles. The van der Waals surface area contributed by atoms with Crippen molar-refractivity contribution >= 4 is 21.6 Å². The highest BCUT2D eigenvalue weighted by atomic mass is 35.5. The highest BCUT2D eigenvalue weighted by Crippen LogP contribution is 2.46. The Hall–Kier alpha value is -1.54. The van der Waals surface area contributed by atoms with Crippen LogP contribution in [-0.4, -0.2) is 35.8 Å². The Kier molecular flexibility index (Phi) is 3.29. The number of benzene rings is 1. The molecule has 0 radical (unpaired) electrons. The van der Waals surface area contributed by atoms with E-state index < -0.39 is 15.6 Å². The van der Waals surface area contributed by atoms with Crippen LogP contribution in [-0.2, 0) is 27.0 Å². The van der Waals surface area contributed by atoms with E-state index in [1.54, 1.807) is 18.2 Å². The van der Waals surface area contributed by atoms with Crippen molar-refractivity contribution in [2.24, 2.45) is 0 Å². The molecule has 130 valence electrons. The summed E-state index contributed by atoms with van der Waals surface area (Å²) in [6.45, 7) is 0.941. The molecule has 0 unspecified atom stereocenters. The number of aromatic nitrogens is 2. The fourth-order valence-corrected chi connectivity index (χ4v) is 5.52. The van der Waals surface area contributed by atoms with Gasteiger partial charge >= 0.3 is 0 Å². The van der Waals surface area contributed by atoms with Crippen molar-refractivity contribution in [3.05, 3.63) is 52.6 Å². The zero-order valence-corrected chi connectivity index (χ0v) is 14.9. The Morgan fingerprint density at radius 3 is 2.72 bits per heavy atom. The summed E-state index contributed by atoms with van der Waals surface area (Å²) in [5.41, 5.74) is 1.19. The Morgan fingerprint density at radius 2 is 2.00 bits per heavy atom. The van der Waals surface area contributed by atoms with Crippen LogP contribution in [0.25, 0.3) is 0 Å². The zero-order valence-electron chi connectivity index (χ0n) is 13.4. The third-order valence-electron chi connectivity index (χ3n) is 5.12. The van der Waals surface area contributed by atoms with Crippen molar-refractivity contribution in [1.82, 2.24) is 14.3 Å². The first-order valence-electron chi connectivity index (χ1n) is 8.25. The topological polar surface area (TPSA) is 72.4 Å². The largest absolute Gasteiger partial charge is 0.361 e. The molecule has 1 aliphatic carbocycles. The van der Waals surface area contributed by atoms with E-state index in [0.29, 0.717) is 12.5 Å². The summed E-state index contributed by atoms with van der Waals surface area (Å²) < 4.78 is 32.9. The van der Waals surface area contributed by atoms with Gasteiger partial charge in [0.1, 0.15) is 16.3 Å². The van der Waals surface area contributed by atoms with Gasteiger partial charge in [-0.05, 0) is 25.0 Å². The lowest BCUT2D eigenvalue weighted by Crippen LogP contribution is -2.61. The fourth-order valence-electron chi connectivity index (χ4n) is 3.49. The van der Waals surface area contributed by atoms with Crippen molar-refractivity contribution in [1.29, 1.82) is 0 Å². The van der Waals surface area contributed by atoms with Crippen LogP contribution in [0, 0.1) is 0 Å². The maximum Gasteiger partial charge on any atom is 0.244 e. The van der Waals surface area contributed by atoms with Crippen LogP contribution >= 0.6 is 11.6 Å². The molecule has 1 saturated carbocycles. The summed E-state index contributed by atoms with van der Waals surface area (Å²) in [7, 11) is -3.63. The van der Waals surface area contributed by atoms with Crippen LogP contribution in [0.4, 0.5) is 0 Å². The third kappa shape index (κ3) is 2.33. The summed E-state index contributed by atoms with van der Waals surface area (Å²) in [6, 6.07) is 6.49. The molecule has 3 heterocycles. The number of nitrogens with zero attached hydrogens (tertiary/aromatic N) is 3. The average molecular weight is 378 g/mol. The zero-order chi connectivity index (χ0) is 17.2. The fraction of sp³-hybridized carbons (Fsp3) is 0.412. The summed E-state index contributed by atoms with van der Waals surface area (Å²) in [4.78, 5) is 9.23. The lowest BCUT2D eigenvalue weighted by molar-refractivity contribution is -0.112. The van der Waals surface area contributed by atoms with Gasteiger partial charge in [-0.2, -0.15) is 4.31 Å². The predicted octanol–water partition coefficient (Wildman–Crippen LogP) is 2.44. The first kappa shape index (κ1) is 15.7. The van der Waals surface area contributed by atoms with Gasteiger partial charge in [-0.15, -0.1) is 0 Å². The van der Waals surface area contributed by atoms with Crippen molar-refractivity contribution in [3.8, 4) is 0 Å². The highest BCUT2D eigenvalue weighted by Gasteiger charge is 2.55. The molecule has 1 aromatic carbocycles. The number of hydrogen-bond donors (Lipinski definition) is 0. The number of ether oxygens (including phenoxy) is 1. The molecular weight excluding hydrogens is 362 g/mol. The van der Waals surface area contributed by atoms with Gasteiger partial charge in [0.25, 0.3) is 0 Å². The van der Waals surface area contributed by atoms with Gasteiger partial charge < -0.3 is 4.74 Å². The van der Waals surface area contributed by atoms with E-state index >= 15 is 0 Å². The lowest BCUT2D eigenvalue weighted by Gasteiger charge is -2.46. The molecular formula is C17H16ClN3O3S. The minimum absolute atomic E-state index is 0.130. The quantitative estimate of drug-likeness (QED) is 0.821. The Labute approximate surface area is 150 Å². The van der Waals surface area contributed by atoms with Gasteiger partial charge in [0.2, 0.25) is 10.0 Å². The number of hydrogen-bond acceptors (Lipinski definition) is 5. The van der Waals surface area contributed by atoms with Gasteiger partial charge in [0.05, 0.1) is 17.3 Å². The van der Waals surface area contributed by atoms with E-state index in [1.807, 2.05) is 6.20 Å². The molecule has 2 fully saturated rings. The van der Waals surface area contributed by atoms with Crippen LogP contribution in [0.15, 0.2) is 35.4 Å². The summed E-state index contributed by atoms with van der Waals surface area (Å²) in [5, 5.41) is 0.230. The number of rotatable bonds is 3. The Morgan fingerprint density at radius 1 is 1.24 bits per heavy atom. The number of sulfonamides is 1. The maximum atomic E-state index is 12.8. The molecule has 0 N–H and O–H groups in total. The lowest BCUT2D eigenvalue weighted by atomic mass is 9.90. The molecule has 6 nitrogen and oxygen atoms in total. The van der Waals surface area contributed by atoms with Gasteiger partial charge in [0, 0.05) is 30.8 Å². The maximum absolute atomic E-state index is 12.8. The first-order chi connectivity index (χ1) is 12.0. The molecule has 8 heteroatoms. The highest BCUT2D eigenvalue weighted by molar-refractivity contribution is 7.89. The number of fused-ring (bicyclic) bond motifs is 2. The van der Waals surface area contributed by atoms with Gasteiger partial charge in [-0.25, -0.2) is 18.4 Å². The second-order valence-corrected chi connectivity index (χ2v) is 9.16. The van der Waals surface area contributed by atoms with E-state index in [9.17, 15) is 8.42 Å². The molecule has 25 heavy (non-hydrogen) atoms. The molecule has 1 saturated heterocycles. The minimum atomic E-state index is -3.63. The molecule has 3 aliphatic rings. The van der Waals surface area contributed by atoms with Gasteiger partial charge in [-0.1, -0.05) is 23.7 Å². The van der Waals surface area contributed by atoms with Crippen molar-refractivity contribution in [3.63, 3.8) is 0 Å². The molecule has 2 aromatic rings. The first-order valence-corrected chi connectivity index (χ1v) is 10.1. The standard InChI is InChI=1S/C17H16ClN3O3S/c18-13-3-1-2-4-15(13)25(22,23)21-9-17(10-21)12-7-19-16(11-5-6-11)20-14(12)8-24-17/h1-4,7,11H,5-6,8-10H2.